The smallest absolute Gasteiger partial charge is 0.326 e. The predicted octanol–water partition coefficient (Wildman–Crippen LogP) is 0.0564. The Kier molecular flexibility index (Phi) is 18.0. The molecule has 0 saturated heterocycles. The third kappa shape index (κ3) is 15.0. The summed E-state index contributed by atoms with van der Waals surface area (Å²) in [5.74, 6) is -4.09. The Balaban J connectivity index is 2.38. The molecule has 0 unspecified atom stereocenters. The number of aliphatic carboxylic acids is 1. The standard InChI is InChI=1S/C35H52N8O7/c1-22(2)29(37)33(47)40-25(17-11-19-39-35(38)50)30(44)42-28(21-24-14-7-4-8-15-24)32(46)43-27(20-23-12-5-3-6-13-23)31(45)41-26(34(48)49)16-9-10-18-36/h3-8,12-15,22,25-29H,9-11,16-21,36-37H2,1-2H3,(H,40,47)(H,41,45)(H,42,44)(H,43,46)(H,48,49)(H3,38,39,50)/t25-,26-,27-,28-,29-/m0/s1. The van der Waals surface area contributed by atoms with E-state index in [4.69, 9.17) is 17.2 Å². The van der Waals surface area contributed by atoms with Crippen LogP contribution in [0, 0.1) is 5.92 Å². The molecule has 0 fully saturated rings. The fraction of sp³-hybridized carbons (Fsp3) is 0.486. The van der Waals surface area contributed by atoms with E-state index in [0.29, 0.717) is 30.5 Å². The number of rotatable bonds is 22. The molecule has 12 N–H and O–H groups in total. The van der Waals surface area contributed by atoms with Crippen molar-refractivity contribution in [3.8, 4) is 0 Å². The van der Waals surface area contributed by atoms with Gasteiger partial charge in [0.25, 0.3) is 0 Å². The fourth-order valence-corrected chi connectivity index (χ4v) is 5.04. The van der Waals surface area contributed by atoms with Crippen molar-refractivity contribution in [1.29, 1.82) is 0 Å². The van der Waals surface area contributed by atoms with Crippen LogP contribution in [0.4, 0.5) is 4.79 Å². The number of nitrogens with two attached hydrogens (primary N) is 3. The molecule has 50 heavy (non-hydrogen) atoms. The van der Waals surface area contributed by atoms with Gasteiger partial charge in [0, 0.05) is 19.4 Å². The van der Waals surface area contributed by atoms with Crippen LogP contribution in [0.15, 0.2) is 60.7 Å². The molecule has 15 nitrogen and oxygen atoms in total. The summed E-state index contributed by atoms with van der Waals surface area (Å²) in [5.41, 5.74) is 18.1. The number of carbonyl (C=O) groups is 6. The molecule has 2 rings (SSSR count). The van der Waals surface area contributed by atoms with Gasteiger partial charge in [-0.15, -0.1) is 0 Å². The molecule has 0 aliphatic heterocycles. The monoisotopic (exact) mass is 696 g/mol. The number of carboxylic acids is 1. The summed E-state index contributed by atoms with van der Waals surface area (Å²) in [6, 6.07) is 11.4. The molecule has 0 aliphatic rings. The number of nitrogens with one attached hydrogen (secondary N) is 5. The Hall–Kier alpha value is -5.02. The molecule has 2 aromatic carbocycles. The number of unbranched alkanes of at least 4 members (excludes halogenated alkanes) is 1. The number of hydrogen-bond donors (Lipinski definition) is 9. The lowest BCUT2D eigenvalue weighted by Gasteiger charge is -2.27. The summed E-state index contributed by atoms with van der Waals surface area (Å²) in [7, 11) is 0. The second kappa shape index (κ2) is 21.8. The van der Waals surface area contributed by atoms with Crippen molar-refractivity contribution in [2.24, 2.45) is 23.1 Å². The molecular formula is C35H52N8O7. The van der Waals surface area contributed by atoms with Gasteiger partial charge in [-0.3, -0.25) is 19.2 Å². The fourth-order valence-electron chi connectivity index (χ4n) is 5.04. The molecule has 0 spiro atoms. The molecular weight excluding hydrogens is 644 g/mol. The largest absolute Gasteiger partial charge is 0.480 e. The van der Waals surface area contributed by atoms with Gasteiger partial charge in [-0.25, -0.2) is 9.59 Å². The first-order chi connectivity index (χ1) is 23.8. The summed E-state index contributed by atoms with van der Waals surface area (Å²) in [5, 5.41) is 22.9. The molecule has 2 aromatic rings. The molecule has 0 heterocycles. The van der Waals surface area contributed by atoms with Crippen LogP contribution in [0.5, 0.6) is 0 Å². The SMILES string of the molecule is CC(C)[C@H](N)C(=O)N[C@@H](CCCNC(N)=O)C(=O)N[C@@H](Cc1ccccc1)C(=O)N[C@@H](Cc1ccccc1)C(=O)N[C@@H](CCCCN)C(=O)O. The maximum Gasteiger partial charge on any atom is 0.326 e. The number of benzene rings is 2. The summed E-state index contributed by atoms with van der Waals surface area (Å²) in [6.07, 6.45) is 1.64. The van der Waals surface area contributed by atoms with E-state index < -0.39 is 65.8 Å². The lowest BCUT2D eigenvalue weighted by molar-refractivity contribution is -0.142. The second-order valence-electron chi connectivity index (χ2n) is 12.4. The van der Waals surface area contributed by atoms with E-state index in [-0.39, 0.29) is 44.6 Å². The lowest BCUT2D eigenvalue weighted by Crippen LogP contribution is -2.59. The Morgan fingerprint density at radius 2 is 1.08 bits per heavy atom. The van der Waals surface area contributed by atoms with Gasteiger partial charge in [-0.1, -0.05) is 74.5 Å². The second-order valence-corrected chi connectivity index (χ2v) is 12.4. The van der Waals surface area contributed by atoms with Crippen LogP contribution in [0.3, 0.4) is 0 Å². The van der Waals surface area contributed by atoms with Gasteiger partial charge >= 0.3 is 12.0 Å². The first-order valence-electron chi connectivity index (χ1n) is 16.8. The van der Waals surface area contributed by atoms with E-state index >= 15 is 0 Å². The number of urea groups is 1. The Morgan fingerprint density at radius 3 is 1.52 bits per heavy atom. The van der Waals surface area contributed by atoms with E-state index in [9.17, 15) is 33.9 Å². The van der Waals surface area contributed by atoms with Gasteiger partial charge < -0.3 is 48.9 Å². The average Bonchev–Trinajstić information content (AvgIpc) is 3.08. The van der Waals surface area contributed by atoms with Gasteiger partial charge in [0.1, 0.15) is 24.2 Å². The molecule has 0 aliphatic carbocycles. The zero-order valence-electron chi connectivity index (χ0n) is 28.7. The van der Waals surface area contributed by atoms with Crippen LogP contribution >= 0.6 is 0 Å². The Bertz CT molecular complexity index is 1390. The van der Waals surface area contributed by atoms with Crippen LogP contribution in [-0.4, -0.2) is 84.0 Å². The van der Waals surface area contributed by atoms with Crippen LogP contribution in [0.2, 0.25) is 0 Å². The van der Waals surface area contributed by atoms with Crippen LogP contribution in [0.25, 0.3) is 0 Å². The highest BCUT2D eigenvalue weighted by molar-refractivity contribution is 5.95. The minimum atomic E-state index is -1.22. The van der Waals surface area contributed by atoms with Crippen molar-refractivity contribution in [1.82, 2.24) is 26.6 Å². The van der Waals surface area contributed by atoms with Crippen LogP contribution in [0.1, 0.15) is 57.1 Å². The average molecular weight is 697 g/mol. The maximum absolute atomic E-state index is 14.0. The maximum atomic E-state index is 14.0. The molecule has 0 aromatic heterocycles. The minimum Gasteiger partial charge on any atom is -0.480 e. The van der Waals surface area contributed by atoms with E-state index in [0.717, 1.165) is 0 Å². The zero-order chi connectivity index (χ0) is 37.1. The molecule has 0 bridgehead atoms. The van der Waals surface area contributed by atoms with Gasteiger partial charge in [0.2, 0.25) is 23.6 Å². The van der Waals surface area contributed by atoms with E-state index in [2.05, 4.69) is 26.6 Å². The van der Waals surface area contributed by atoms with Gasteiger partial charge in [-0.2, -0.15) is 0 Å². The van der Waals surface area contributed by atoms with Crippen LogP contribution < -0.4 is 43.8 Å². The minimum absolute atomic E-state index is 0.0321. The summed E-state index contributed by atoms with van der Waals surface area (Å²) < 4.78 is 0. The van der Waals surface area contributed by atoms with E-state index in [1.807, 2.05) is 0 Å². The van der Waals surface area contributed by atoms with Crippen molar-refractivity contribution in [2.75, 3.05) is 13.1 Å². The lowest BCUT2D eigenvalue weighted by atomic mass is 10.0. The number of hydrogen-bond acceptors (Lipinski definition) is 8. The number of carbonyl (C=O) groups excluding carboxylic acids is 5. The van der Waals surface area contributed by atoms with Crippen molar-refractivity contribution < 1.29 is 33.9 Å². The highest BCUT2D eigenvalue weighted by atomic mass is 16.4. The first-order valence-corrected chi connectivity index (χ1v) is 16.8. The summed E-state index contributed by atoms with van der Waals surface area (Å²) in [6.45, 7) is 4.04. The van der Waals surface area contributed by atoms with Crippen molar-refractivity contribution >= 4 is 35.6 Å². The molecule has 0 saturated carbocycles. The first kappa shape index (κ1) is 41.2. The molecule has 6 amide bonds. The zero-order valence-corrected chi connectivity index (χ0v) is 28.7. The predicted molar refractivity (Wildman–Crippen MR) is 188 cm³/mol. The summed E-state index contributed by atoms with van der Waals surface area (Å²) in [4.78, 5) is 77.3. The Morgan fingerprint density at radius 1 is 0.640 bits per heavy atom. The van der Waals surface area contributed by atoms with E-state index in [1.165, 1.54) is 0 Å². The quantitative estimate of drug-likeness (QED) is 0.0753. The third-order valence-corrected chi connectivity index (χ3v) is 8.02. The highest BCUT2D eigenvalue weighted by Gasteiger charge is 2.32. The Labute approximate surface area is 292 Å². The van der Waals surface area contributed by atoms with Gasteiger partial charge in [-0.05, 0) is 55.7 Å². The number of primary amides is 1. The molecule has 0 radical (unpaired) electrons. The van der Waals surface area contributed by atoms with Gasteiger partial charge in [0.05, 0.1) is 6.04 Å². The normalized spacial score (nSPS) is 13.9. The van der Waals surface area contributed by atoms with Crippen molar-refractivity contribution in [3.63, 3.8) is 0 Å². The third-order valence-electron chi connectivity index (χ3n) is 8.02. The van der Waals surface area contributed by atoms with E-state index in [1.54, 1.807) is 74.5 Å². The summed E-state index contributed by atoms with van der Waals surface area (Å²) >= 11 is 0. The number of carboxylic acid groups (broad SMARTS) is 1. The number of amides is 6. The topological polar surface area (TPSA) is 261 Å². The van der Waals surface area contributed by atoms with Crippen molar-refractivity contribution in [2.45, 2.75) is 89.0 Å². The molecule has 274 valence electrons. The van der Waals surface area contributed by atoms with Crippen molar-refractivity contribution in [3.05, 3.63) is 71.8 Å². The molecule has 15 heteroatoms. The van der Waals surface area contributed by atoms with Gasteiger partial charge in [0.15, 0.2) is 0 Å². The highest BCUT2D eigenvalue weighted by Crippen LogP contribution is 2.10. The molecule has 5 atom stereocenters. The van der Waals surface area contributed by atoms with Crippen LogP contribution in [-0.2, 0) is 36.8 Å².